The normalized spacial score (nSPS) is 14.9. The number of hydrogen-bond acceptors (Lipinski definition) is 1. The Morgan fingerprint density at radius 3 is 2.47 bits per heavy atom. The molecule has 0 aliphatic heterocycles. The summed E-state index contributed by atoms with van der Waals surface area (Å²) >= 11 is 3.76. The summed E-state index contributed by atoms with van der Waals surface area (Å²) in [5.74, 6) is 0.455. The van der Waals surface area contributed by atoms with Gasteiger partial charge < -0.3 is 4.74 Å². The lowest BCUT2D eigenvalue weighted by Crippen LogP contribution is -2.17. The van der Waals surface area contributed by atoms with Crippen LogP contribution in [0.2, 0.25) is 0 Å². The topological polar surface area (TPSA) is 9.23 Å². The molecule has 15 heavy (non-hydrogen) atoms. The largest absolute Gasteiger partial charge is 0.384 e. The van der Waals surface area contributed by atoms with Crippen LogP contribution in [0, 0.1) is 0 Å². The first-order chi connectivity index (χ1) is 7.29. The van der Waals surface area contributed by atoms with Crippen molar-refractivity contribution in [3.63, 3.8) is 0 Å². The molecule has 0 spiro atoms. The molecular formula is C13H19BrO. The summed E-state index contributed by atoms with van der Waals surface area (Å²) in [6, 6.07) is 10.6. The molecule has 1 nitrogen and oxygen atoms in total. The van der Waals surface area contributed by atoms with Crippen LogP contribution in [0.3, 0.4) is 0 Å². The van der Waals surface area contributed by atoms with Gasteiger partial charge in [-0.25, -0.2) is 0 Å². The summed E-state index contributed by atoms with van der Waals surface area (Å²) in [7, 11) is 1.77. The van der Waals surface area contributed by atoms with Gasteiger partial charge in [-0.15, -0.1) is 0 Å². The zero-order valence-electron chi connectivity index (χ0n) is 9.45. The summed E-state index contributed by atoms with van der Waals surface area (Å²) in [5, 5.41) is 0. The molecule has 0 aromatic heterocycles. The average Bonchev–Trinajstić information content (AvgIpc) is 2.27. The van der Waals surface area contributed by atoms with Crippen LogP contribution in [0.25, 0.3) is 0 Å². The van der Waals surface area contributed by atoms with Gasteiger partial charge in [0, 0.05) is 17.9 Å². The lowest BCUT2D eigenvalue weighted by molar-refractivity contribution is 0.177. The molecule has 0 bridgehead atoms. The molecule has 84 valence electrons. The van der Waals surface area contributed by atoms with Gasteiger partial charge in [-0.05, 0) is 12.0 Å². The number of rotatable bonds is 6. The van der Waals surface area contributed by atoms with Crippen molar-refractivity contribution in [1.29, 1.82) is 0 Å². The summed E-state index contributed by atoms with van der Waals surface area (Å²) in [4.78, 5) is 0.504. The molecule has 0 heterocycles. The first kappa shape index (κ1) is 12.7. The minimum absolute atomic E-state index is 0.455. The van der Waals surface area contributed by atoms with E-state index in [2.05, 4.69) is 53.2 Å². The predicted octanol–water partition coefficient (Wildman–Crippen LogP) is 3.98. The fourth-order valence-electron chi connectivity index (χ4n) is 1.77. The van der Waals surface area contributed by atoms with Crippen LogP contribution in [0.15, 0.2) is 30.3 Å². The summed E-state index contributed by atoms with van der Waals surface area (Å²) in [6.07, 6.45) is 2.38. The van der Waals surface area contributed by atoms with Crippen molar-refractivity contribution in [1.82, 2.24) is 0 Å². The van der Waals surface area contributed by atoms with Crippen molar-refractivity contribution in [2.75, 3.05) is 13.7 Å². The Labute approximate surface area is 101 Å². The highest BCUT2D eigenvalue weighted by molar-refractivity contribution is 9.09. The Balaban J connectivity index is 2.73. The van der Waals surface area contributed by atoms with Crippen LogP contribution < -0.4 is 0 Å². The maximum absolute atomic E-state index is 5.30. The molecule has 0 saturated heterocycles. The Morgan fingerprint density at radius 1 is 1.27 bits per heavy atom. The Bertz CT molecular complexity index is 260. The zero-order chi connectivity index (χ0) is 11.1. The maximum Gasteiger partial charge on any atom is 0.0541 e. The second-order valence-electron chi connectivity index (χ2n) is 3.78. The highest BCUT2D eigenvalue weighted by atomic mass is 79.9. The molecule has 0 aliphatic rings. The van der Waals surface area contributed by atoms with E-state index in [1.165, 1.54) is 18.4 Å². The van der Waals surface area contributed by atoms with Crippen LogP contribution in [0.4, 0.5) is 0 Å². The van der Waals surface area contributed by atoms with Gasteiger partial charge in [0.25, 0.3) is 0 Å². The van der Waals surface area contributed by atoms with Gasteiger partial charge in [0.1, 0.15) is 0 Å². The van der Waals surface area contributed by atoms with E-state index in [4.69, 9.17) is 4.74 Å². The molecule has 0 radical (unpaired) electrons. The minimum Gasteiger partial charge on any atom is -0.384 e. The molecular weight excluding hydrogens is 252 g/mol. The quantitative estimate of drug-likeness (QED) is 0.711. The lowest BCUT2D eigenvalue weighted by Gasteiger charge is -2.22. The molecule has 0 aliphatic carbocycles. The third kappa shape index (κ3) is 3.96. The molecule has 1 aromatic rings. The first-order valence-corrected chi connectivity index (χ1v) is 6.39. The smallest absolute Gasteiger partial charge is 0.0541 e. The van der Waals surface area contributed by atoms with Gasteiger partial charge in [0.15, 0.2) is 0 Å². The van der Waals surface area contributed by atoms with E-state index in [0.717, 1.165) is 6.61 Å². The predicted molar refractivity (Wildman–Crippen MR) is 68.7 cm³/mol. The molecule has 1 aromatic carbocycles. The number of hydrogen-bond donors (Lipinski definition) is 0. The molecule has 0 N–H and O–H groups in total. The Morgan fingerprint density at radius 2 is 1.93 bits per heavy atom. The number of alkyl halides is 1. The van der Waals surface area contributed by atoms with Crippen LogP contribution in [-0.4, -0.2) is 18.5 Å². The average molecular weight is 271 g/mol. The van der Waals surface area contributed by atoms with E-state index in [0.29, 0.717) is 10.7 Å². The number of benzene rings is 1. The fraction of sp³-hybridized carbons (Fsp3) is 0.538. The number of methoxy groups -OCH3 is 1. The van der Waals surface area contributed by atoms with Crippen molar-refractivity contribution in [2.24, 2.45) is 0 Å². The van der Waals surface area contributed by atoms with Gasteiger partial charge >= 0.3 is 0 Å². The summed E-state index contributed by atoms with van der Waals surface area (Å²) in [6.45, 7) is 2.99. The van der Waals surface area contributed by atoms with Crippen molar-refractivity contribution in [3.05, 3.63) is 35.9 Å². The lowest BCUT2D eigenvalue weighted by atomic mass is 9.94. The van der Waals surface area contributed by atoms with Crippen LogP contribution in [-0.2, 0) is 4.74 Å². The van der Waals surface area contributed by atoms with Crippen molar-refractivity contribution < 1.29 is 4.74 Å². The Kier molecular flexibility index (Phi) is 5.96. The minimum atomic E-state index is 0.455. The highest BCUT2D eigenvalue weighted by Gasteiger charge is 2.19. The SMILES string of the molecule is CCCC(Br)C(COC)c1ccccc1. The standard InChI is InChI=1S/C13H19BrO/c1-3-7-13(14)12(10-15-2)11-8-5-4-6-9-11/h4-6,8-9,12-13H,3,7,10H2,1-2H3. The summed E-state index contributed by atoms with van der Waals surface area (Å²) < 4.78 is 5.30. The molecule has 0 fully saturated rings. The molecule has 2 heteroatoms. The van der Waals surface area contributed by atoms with E-state index >= 15 is 0 Å². The van der Waals surface area contributed by atoms with Crippen molar-refractivity contribution in [3.8, 4) is 0 Å². The Hall–Kier alpha value is -0.340. The van der Waals surface area contributed by atoms with Gasteiger partial charge in [-0.2, -0.15) is 0 Å². The van der Waals surface area contributed by atoms with E-state index in [1.807, 2.05) is 0 Å². The van der Waals surface area contributed by atoms with E-state index in [-0.39, 0.29) is 0 Å². The summed E-state index contributed by atoms with van der Waals surface area (Å²) in [5.41, 5.74) is 1.36. The zero-order valence-corrected chi connectivity index (χ0v) is 11.0. The third-order valence-electron chi connectivity index (χ3n) is 2.57. The second-order valence-corrected chi connectivity index (χ2v) is 4.95. The monoisotopic (exact) mass is 270 g/mol. The number of ether oxygens (including phenoxy) is 1. The van der Waals surface area contributed by atoms with Gasteiger partial charge in [0.2, 0.25) is 0 Å². The van der Waals surface area contributed by atoms with Gasteiger partial charge in [0.05, 0.1) is 6.61 Å². The first-order valence-electron chi connectivity index (χ1n) is 5.47. The molecule has 2 atom stereocenters. The van der Waals surface area contributed by atoms with Crippen molar-refractivity contribution >= 4 is 15.9 Å². The fourth-order valence-corrected chi connectivity index (χ4v) is 2.68. The maximum atomic E-state index is 5.30. The molecule has 2 unspecified atom stereocenters. The van der Waals surface area contributed by atoms with Crippen LogP contribution in [0.1, 0.15) is 31.2 Å². The van der Waals surface area contributed by atoms with E-state index < -0.39 is 0 Å². The molecule has 0 saturated carbocycles. The second kappa shape index (κ2) is 7.02. The van der Waals surface area contributed by atoms with Crippen LogP contribution >= 0.6 is 15.9 Å². The number of halogens is 1. The van der Waals surface area contributed by atoms with Crippen LogP contribution in [0.5, 0.6) is 0 Å². The van der Waals surface area contributed by atoms with E-state index in [9.17, 15) is 0 Å². The van der Waals surface area contributed by atoms with Gasteiger partial charge in [-0.1, -0.05) is 59.6 Å². The van der Waals surface area contributed by atoms with E-state index in [1.54, 1.807) is 7.11 Å². The molecule has 0 amide bonds. The highest BCUT2D eigenvalue weighted by Crippen LogP contribution is 2.28. The van der Waals surface area contributed by atoms with Crippen molar-refractivity contribution in [2.45, 2.75) is 30.5 Å². The molecule has 1 rings (SSSR count). The van der Waals surface area contributed by atoms with Gasteiger partial charge in [-0.3, -0.25) is 0 Å². The third-order valence-corrected chi connectivity index (χ3v) is 3.67.